The van der Waals surface area contributed by atoms with E-state index in [0.29, 0.717) is 4.31 Å². The second kappa shape index (κ2) is 2.77. The standard InChI is InChI=1S/C7H17SeSi/c1-7(2,8)6-9(3,4)5/h6H2,1-5H3. The van der Waals surface area contributed by atoms with Crippen molar-refractivity contribution in [2.45, 2.75) is 43.8 Å². The van der Waals surface area contributed by atoms with Crippen LogP contribution in [0.25, 0.3) is 0 Å². The quantitative estimate of drug-likeness (QED) is 0.612. The molecule has 0 bridgehead atoms. The zero-order valence-corrected chi connectivity index (χ0v) is 9.83. The zero-order valence-electron chi connectivity index (χ0n) is 7.12. The molecule has 0 nitrogen and oxygen atoms in total. The van der Waals surface area contributed by atoms with E-state index >= 15 is 0 Å². The van der Waals surface area contributed by atoms with E-state index in [1.54, 1.807) is 0 Å². The molecule has 0 unspecified atom stereocenters. The molecule has 0 heterocycles. The minimum atomic E-state index is -0.824. The molecular formula is C7H17SeSi. The van der Waals surface area contributed by atoms with Gasteiger partial charge < -0.3 is 0 Å². The molecule has 0 fully saturated rings. The molecule has 0 rings (SSSR count). The Morgan fingerprint density at radius 2 is 1.56 bits per heavy atom. The van der Waals surface area contributed by atoms with Crippen LogP contribution in [0.5, 0.6) is 0 Å². The van der Waals surface area contributed by atoms with Crippen molar-refractivity contribution in [3.8, 4) is 0 Å². The Kier molecular flexibility index (Phi) is 3.00. The van der Waals surface area contributed by atoms with E-state index in [1.165, 1.54) is 6.04 Å². The topological polar surface area (TPSA) is 0 Å². The van der Waals surface area contributed by atoms with Crippen LogP contribution in [0.4, 0.5) is 0 Å². The van der Waals surface area contributed by atoms with Crippen LogP contribution in [0.15, 0.2) is 0 Å². The van der Waals surface area contributed by atoms with Crippen LogP contribution in [0, 0.1) is 0 Å². The van der Waals surface area contributed by atoms with Gasteiger partial charge in [0.2, 0.25) is 0 Å². The molecule has 0 saturated heterocycles. The molecule has 2 heteroatoms. The Balaban J connectivity index is 3.75. The third-order valence-electron chi connectivity index (χ3n) is 0.956. The van der Waals surface area contributed by atoms with Crippen molar-refractivity contribution in [1.82, 2.24) is 0 Å². The summed E-state index contributed by atoms with van der Waals surface area (Å²) in [6, 6.07) is 1.38. The van der Waals surface area contributed by atoms with Crippen LogP contribution < -0.4 is 0 Å². The molecule has 1 radical (unpaired) electrons. The molecule has 0 aliphatic rings. The van der Waals surface area contributed by atoms with Gasteiger partial charge in [-0.2, -0.15) is 0 Å². The van der Waals surface area contributed by atoms with Crippen LogP contribution in [-0.2, 0) is 0 Å². The Morgan fingerprint density at radius 1 is 1.22 bits per heavy atom. The zero-order chi connectivity index (χ0) is 7.71. The average Bonchev–Trinajstić information content (AvgIpc) is 1.14. The fraction of sp³-hybridized carbons (Fsp3) is 1.00. The molecule has 0 aliphatic carbocycles. The predicted molar refractivity (Wildman–Crippen MR) is 47.9 cm³/mol. The summed E-state index contributed by atoms with van der Waals surface area (Å²) in [7, 11) is -0.824. The maximum atomic E-state index is 3.21. The predicted octanol–water partition coefficient (Wildman–Crippen LogP) is 2.69. The van der Waals surface area contributed by atoms with E-state index < -0.39 is 8.07 Å². The molecule has 0 aromatic carbocycles. The summed E-state index contributed by atoms with van der Waals surface area (Å²) in [6.45, 7) is 11.8. The van der Waals surface area contributed by atoms with Gasteiger partial charge >= 0.3 is 67.9 Å². The van der Waals surface area contributed by atoms with Gasteiger partial charge in [0.05, 0.1) is 0 Å². The van der Waals surface area contributed by atoms with Gasteiger partial charge in [-0.25, -0.2) is 0 Å². The first kappa shape index (κ1) is 9.74. The van der Waals surface area contributed by atoms with Crippen LogP contribution in [0.2, 0.25) is 30.0 Å². The molecular weight excluding hydrogens is 191 g/mol. The number of rotatable bonds is 2. The van der Waals surface area contributed by atoms with Crippen molar-refractivity contribution in [2.75, 3.05) is 0 Å². The first-order chi connectivity index (χ1) is 3.71. The van der Waals surface area contributed by atoms with Gasteiger partial charge in [-0.05, 0) is 0 Å². The summed E-state index contributed by atoms with van der Waals surface area (Å²) in [4.78, 5) is 0. The Hall–Kier alpha value is 0.736. The monoisotopic (exact) mass is 209 g/mol. The van der Waals surface area contributed by atoms with E-state index in [1.807, 2.05) is 0 Å². The van der Waals surface area contributed by atoms with Gasteiger partial charge in [-0.15, -0.1) is 0 Å². The molecule has 0 N–H and O–H groups in total. The summed E-state index contributed by atoms with van der Waals surface area (Å²) in [5, 5.41) is 0. The van der Waals surface area contributed by atoms with Gasteiger partial charge in [0, 0.05) is 0 Å². The van der Waals surface area contributed by atoms with Crippen molar-refractivity contribution in [3.63, 3.8) is 0 Å². The molecule has 0 atom stereocenters. The van der Waals surface area contributed by atoms with E-state index in [2.05, 4.69) is 49.5 Å². The summed E-state index contributed by atoms with van der Waals surface area (Å²) in [6.07, 6.45) is 0. The Morgan fingerprint density at radius 3 is 1.56 bits per heavy atom. The maximum absolute atomic E-state index is 3.21. The first-order valence-electron chi connectivity index (χ1n) is 3.41. The van der Waals surface area contributed by atoms with Crippen molar-refractivity contribution in [3.05, 3.63) is 0 Å². The first-order valence-corrected chi connectivity index (χ1v) is 7.97. The van der Waals surface area contributed by atoms with Gasteiger partial charge in [0.1, 0.15) is 0 Å². The van der Waals surface area contributed by atoms with Gasteiger partial charge in [0.15, 0.2) is 0 Å². The van der Waals surface area contributed by atoms with E-state index in [4.69, 9.17) is 0 Å². The van der Waals surface area contributed by atoms with Crippen LogP contribution in [0.1, 0.15) is 13.8 Å². The minimum absolute atomic E-state index is 0.421. The third-order valence-corrected chi connectivity index (χ3v) is 3.78. The van der Waals surface area contributed by atoms with Crippen molar-refractivity contribution < 1.29 is 0 Å². The molecule has 9 heavy (non-hydrogen) atoms. The van der Waals surface area contributed by atoms with Gasteiger partial charge in [-0.1, -0.05) is 0 Å². The molecule has 55 valence electrons. The van der Waals surface area contributed by atoms with Crippen molar-refractivity contribution in [2.24, 2.45) is 0 Å². The fourth-order valence-corrected chi connectivity index (χ4v) is 6.56. The van der Waals surface area contributed by atoms with Crippen LogP contribution in [-0.4, -0.2) is 24.1 Å². The van der Waals surface area contributed by atoms with Crippen molar-refractivity contribution >= 4 is 24.1 Å². The normalized spacial score (nSPS) is 14.0. The number of hydrogen-bond donors (Lipinski definition) is 0. The Bertz CT molecular complexity index is 74.1. The van der Waals surface area contributed by atoms with E-state index in [-0.39, 0.29) is 0 Å². The molecule has 0 aromatic heterocycles. The van der Waals surface area contributed by atoms with Crippen LogP contribution in [0.3, 0.4) is 0 Å². The van der Waals surface area contributed by atoms with Gasteiger partial charge in [0.25, 0.3) is 0 Å². The SMILES string of the molecule is CC(C)([Se])C[Si](C)(C)C. The summed E-state index contributed by atoms with van der Waals surface area (Å²) >= 11 is 3.21. The second-order valence-electron chi connectivity index (χ2n) is 4.50. The molecule has 0 aromatic rings. The van der Waals surface area contributed by atoms with E-state index in [0.717, 1.165) is 0 Å². The van der Waals surface area contributed by atoms with Crippen LogP contribution >= 0.6 is 0 Å². The Labute approximate surface area is 68.2 Å². The fourth-order valence-electron chi connectivity index (χ4n) is 1.28. The van der Waals surface area contributed by atoms with E-state index in [9.17, 15) is 0 Å². The number of hydrogen-bond acceptors (Lipinski definition) is 0. The summed E-state index contributed by atoms with van der Waals surface area (Å²) < 4.78 is 0.421. The van der Waals surface area contributed by atoms with Gasteiger partial charge in [-0.3, -0.25) is 0 Å². The second-order valence-corrected chi connectivity index (χ2v) is 12.3. The molecule has 0 saturated carbocycles. The molecule has 0 aliphatic heterocycles. The summed E-state index contributed by atoms with van der Waals surface area (Å²) in [5.41, 5.74) is 0. The van der Waals surface area contributed by atoms with Crippen molar-refractivity contribution in [1.29, 1.82) is 0 Å². The molecule has 0 amide bonds. The molecule has 0 spiro atoms. The summed E-state index contributed by atoms with van der Waals surface area (Å²) in [5.74, 6) is 0. The third kappa shape index (κ3) is 8.74. The average molecular weight is 208 g/mol.